The van der Waals surface area contributed by atoms with Gasteiger partial charge in [0.25, 0.3) is 0 Å². The number of aryl methyl sites for hydroxylation is 2. The van der Waals surface area contributed by atoms with E-state index in [1.807, 2.05) is 12.1 Å². The largest absolute Gasteiger partial charge is 0.491 e. The molecule has 3 aromatic rings. The first kappa shape index (κ1) is 25.6. The third-order valence-corrected chi connectivity index (χ3v) is 5.58. The first-order chi connectivity index (χ1) is 16.3. The summed E-state index contributed by atoms with van der Waals surface area (Å²) in [5.74, 6) is -2.06. The highest BCUT2D eigenvalue weighted by Gasteiger charge is 2.31. The monoisotopic (exact) mass is 474 g/mol. The predicted molar refractivity (Wildman–Crippen MR) is 127 cm³/mol. The van der Waals surface area contributed by atoms with Gasteiger partial charge in [0.05, 0.1) is 13.0 Å². The Labute approximate surface area is 198 Å². The minimum Gasteiger partial charge on any atom is -0.491 e. The number of alkyl halides is 2. The van der Waals surface area contributed by atoms with Gasteiger partial charge in [-0.15, -0.1) is 0 Å². The highest BCUT2D eigenvalue weighted by molar-refractivity contribution is 5.65. The van der Waals surface area contributed by atoms with Gasteiger partial charge in [-0.2, -0.15) is 13.2 Å². The van der Waals surface area contributed by atoms with E-state index in [0.717, 1.165) is 31.2 Å². The van der Waals surface area contributed by atoms with Crippen LogP contribution in [0.4, 0.5) is 17.6 Å². The number of hydrogen-bond donors (Lipinski definition) is 0. The molecule has 0 heterocycles. The van der Waals surface area contributed by atoms with Crippen LogP contribution in [0, 0.1) is 11.6 Å². The van der Waals surface area contributed by atoms with E-state index in [9.17, 15) is 17.6 Å². The fraction of sp³-hybridized carbons (Fsp3) is 0.357. The van der Waals surface area contributed by atoms with Gasteiger partial charge in [-0.05, 0) is 67.1 Å². The molecule has 0 radical (unpaired) electrons. The van der Waals surface area contributed by atoms with Crippen molar-refractivity contribution in [2.24, 2.45) is 0 Å². The first-order valence-corrected chi connectivity index (χ1v) is 11.7. The molecule has 3 rings (SSSR count). The molecule has 182 valence electrons. The highest BCUT2D eigenvalue weighted by Crippen LogP contribution is 2.31. The maximum Gasteiger partial charge on any atom is 0.398 e. The van der Waals surface area contributed by atoms with Gasteiger partial charge in [-0.3, -0.25) is 0 Å². The van der Waals surface area contributed by atoms with E-state index in [0.29, 0.717) is 11.1 Å². The zero-order valence-corrected chi connectivity index (χ0v) is 19.6. The minimum atomic E-state index is -3.33. The summed E-state index contributed by atoms with van der Waals surface area (Å²) >= 11 is 0. The molecule has 0 amide bonds. The zero-order valence-electron chi connectivity index (χ0n) is 19.6. The Hall–Kier alpha value is -3.02. The van der Waals surface area contributed by atoms with Crippen LogP contribution in [-0.4, -0.2) is 12.7 Å². The second kappa shape index (κ2) is 11.9. The summed E-state index contributed by atoms with van der Waals surface area (Å²) in [7, 11) is 0. The molecular formula is C28H30F4O2. The molecule has 0 fully saturated rings. The molecule has 0 atom stereocenters. The van der Waals surface area contributed by atoms with E-state index >= 15 is 0 Å². The molecule has 34 heavy (non-hydrogen) atoms. The average molecular weight is 475 g/mol. The van der Waals surface area contributed by atoms with Crippen LogP contribution in [-0.2, 0) is 12.8 Å². The Morgan fingerprint density at radius 1 is 0.735 bits per heavy atom. The molecule has 0 saturated heterocycles. The van der Waals surface area contributed by atoms with Crippen LogP contribution in [0.15, 0.2) is 60.7 Å². The summed E-state index contributed by atoms with van der Waals surface area (Å²) in [5.41, 5.74) is 2.28. The molecule has 0 N–H and O–H groups in total. The van der Waals surface area contributed by atoms with Crippen molar-refractivity contribution in [2.45, 2.75) is 58.5 Å². The molecule has 0 unspecified atom stereocenters. The number of hydrogen-bond acceptors (Lipinski definition) is 2. The Morgan fingerprint density at radius 3 is 2.03 bits per heavy atom. The van der Waals surface area contributed by atoms with Gasteiger partial charge < -0.3 is 9.47 Å². The highest BCUT2D eigenvalue weighted by atomic mass is 19.3. The molecule has 3 aromatic carbocycles. The number of halogens is 4. The maximum absolute atomic E-state index is 14.4. The molecule has 6 heteroatoms. The number of unbranched alkanes of at least 4 members (excludes halogenated alkanes) is 2. The van der Waals surface area contributed by atoms with Crippen LogP contribution in [0.25, 0.3) is 11.1 Å². The van der Waals surface area contributed by atoms with Crippen molar-refractivity contribution in [3.05, 3.63) is 83.4 Å². The number of ether oxygens (including phenoxy) is 2. The van der Waals surface area contributed by atoms with Crippen LogP contribution in [0.2, 0.25) is 0 Å². The molecule has 0 aliphatic heterocycles. The minimum absolute atomic E-state index is 0.0719. The summed E-state index contributed by atoms with van der Waals surface area (Å²) in [6.07, 6.45) is 0.516. The van der Waals surface area contributed by atoms with Gasteiger partial charge in [0.1, 0.15) is 5.75 Å². The lowest BCUT2D eigenvalue weighted by Gasteiger charge is -2.18. The lowest BCUT2D eigenvalue weighted by Crippen LogP contribution is -2.25. The van der Waals surface area contributed by atoms with E-state index in [4.69, 9.17) is 9.47 Å². The Morgan fingerprint density at radius 2 is 1.38 bits per heavy atom. The smallest absolute Gasteiger partial charge is 0.398 e. The molecule has 2 nitrogen and oxygen atoms in total. The van der Waals surface area contributed by atoms with Gasteiger partial charge in [0, 0.05) is 5.56 Å². The molecule has 0 aliphatic carbocycles. The summed E-state index contributed by atoms with van der Waals surface area (Å²) in [6.45, 7) is 4.04. The fourth-order valence-corrected chi connectivity index (χ4v) is 3.69. The summed E-state index contributed by atoms with van der Waals surface area (Å²) in [4.78, 5) is 0. The van der Waals surface area contributed by atoms with E-state index in [2.05, 4.69) is 6.92 Å². The molecule has 0 spiro atoms. The van der Waals surface area contributed by atoms with Crippen molar-refractivity contribution in [3.8, 4) is 22.6 Å². The van der Waals surface area contributed by atoms with Crippen molar-refractivity contribution < 1.29 is 27.0 Å². The maximum atomic E-state index is 14.4. The zero-order chi connectivity index (χ0) is 24.6. The standard InChI is InChI=1S/C28H30F4O2/c1-3-5-6-7-20-10-14-23(15-11-20)34-28(31,32)19-18-21-8-12-22(13-9-21)24-16-17-25(33-4-2)27(30)26(24)29/h8-17H,3-7,18-19H2,1-2H3. The van der Waals surface area contributed by atoms with E-state index in [-0.39, 0.29) is 30.1 Å². The SMILES string of the molecule is CCCCCc1ccc(OC(F)(F)CCc2ccc(-c3ccc(OCC)c(F)c3F)cc2)cc1. The van der Waals surface area contributed by atoms with Gasteiger partial charge in [0.2, 0.25) is 5.82 Å². The summed E-state index contributed by atoms with van der Waals surface area (Å²) < 4.78 is 67.3. The van der Waals surface area contributed by atoms with Crippen LogP contribution in [0.3, 0.4) is 0 Å². The van der Waals surface area contributed by atoms with E-state index in [1.54, 1.807) is 43.3 Å². The van der Waals surface area contributed by atoms with Crippen molar-refractivity contribution >= 4 is 0 Å². The van der Waals surface area contributed by atoms with Crippen LogP contribution in [0.1, 0.15) is 50.7 Å². The third kappa shape index (κ3) is 6.99. The fourth-order valence-electron chi connectivity index (χ4n) is 3.69. The quantitative estimate of drug-likeness (QED) is 0.194. The van der Waals surface area contributed by atoms with Gasteiger partial charge in [-0.25, -0.2) is 4.39 Å². The van der Waals surface area contributed by atoms with Crippen LogP contribution in [0.5, 0.6) is 11.5 Å². The number of rotatable bonds is 12. The van der Waals surface area contributed by atoms with Crippen molar-refractivity contribution in [2.75, 3.05) is 6.61 Å². The second-order valence-electron chi connectivity index (χ2n) is 8.21. The lowest BCUT2D eigenvalue weighted by molar-refractivity contribution is -0.180. The summed E-state index contributed by atoms with van der Waals surface area (Å²) in [6, 6.07) is 16.0. The Balaban J connectivity index is 1.58. The van der Waals surface area contributed by atoms with Crippen molar-refractivity contribution in [1.29, 1.82) is 0 Å². The lowest BCUT2D eigenvalue weighted by atomic mass is 10.0. The predicted octanol–water partition coefficient (Wildman–Crippen LogP) is 8.37. The number of benzene rings is 3. The summed E-state index contributed by atoms with van der Waals surface area (Å²) in [5, 5.41) is 0. The topological polar surface area (TPSA) is 18.5 Å². The molecular weight excluding hydrogens is 444 g/mol. The van der Waals surface area contributed by atoms with E-state index in [1.165, 1.54) is 12.1 Å². The second-order valence-corrected chi connectivity index (χ2v) is 8.21. The molecule has 0 saturated carbocycles. The van der Waals surface area contributed by atoms with Gasteiger partial charge >= 0.3 is 6.11 Å². The van der Waals surface area contributed by atoms with Crippen LogP contribution < -0.4 is 9.47 Å². The first-order valence-electron chi connectivity index (χ1n) is 11.7. The Kier molecular flexibility index (Phi) is 8.97. The third-order valence-electron chi connectivity index (χ3n) is 5.58. The molecule has 0 aliphatic rings. The van der Waals surface area contributed by atoms with Crippen LogP contribution >= 0.6 is 0 Å². The van der Waals surface area contributed by atoms with Crippen molar-refractivity contribution in [1.82, 2.24) is 0 Å². The van der Waals surface area contributed by atoms with Crippen molar-refractivity contribution in [3.63, 3.8) is 0 Å². The normalized spacial score (nSPS) is 11.5. The van der Waals surface area contributed by atoms with E-state index < -0.39 is 24.2 Å². The molecule has 0 aromatic heterocycles. The average Bonchev–Trinajstić information content (AvgIpc) is 2.83. The molecule has 0 bridgehead atoms. The Bertz CT molecular complexity index is 1050. The van der Waals surface area contributed by atoms with Gasteiger partial charge in [-0.1, -0.05) is 56.2 Å². The van der Waals surface area contributed by atoms with Gasteiger partial charge in [0.15, 0.2) is 11.6 Å².